The van der Waals surface area contributed by atoms with Crippen molar-refractivity contribution in [3.05, 3.63) is 11.8 Å². The number of aromatic nitrogens is 2. The van der Waals surface area contributed by atoms with Crippen LogP contribution in [0.4, 0.5) is 0 Å². The second kappa shape index (κ2) is 15.2. The van der Waals surface area contributed by atoms with Gasteiger partial charge in [-0.15, -0.1) is 11.0 Å². The zero-order valence-electron chi connectivity index (χ0n) is 18.5. The van der Waals surface area contributed by atoms with Crippen molar-refractivity contribution in [2.45, 2.75) is 71.8 Å². The SMILES string of the molecule is CC#CCOOOO.CCCN(CCCCOc1cc2n(n1)CCCC2)CC1CC1. The Labute approximate surface area is 180 Å². The molecule has 1 saturated carbocycles. The molecule has 1 aromatic rings. The molecule has 0 bridgehead atoms. The maximum absolute atomic E-state index is 7.47. The van der Waals surface area contributed by atoms with E-state index in [1.165, 1.54) is 63.9 Å². The van der Waals surface area contributed by atoms with Gasteiger partial charge in [0.1, 0.15) is 6.61 Å². The zero-order chi connectivity index (χ0) is 21.4. The molecule has 1 N–H and O–H groups in total. The molecule has 3 rings (SSSR count). The molecule has 30 heavy (non-hydrogen) atoms. The highest BCUT2D eigenvalue weighted by Gasteiger charge is 2.23. The Bertz CT molecular complexity index is 613. The minimum Gasteiger partial charge on any atom is -0.477 e. The van der Waals surface area contributed by atoms with Crippen molar-refractivity contribution in [2.24, 2.45) is 5.92 Å². The second-order valence-electron chi connectivity index (χ2n) is 7.79. The summed E-state index contributed by atoms with van der Waals surface area (Å²) in [6.07, 6.45) is 10.2. The molecule has 0 spiro atoms. The van der Waals surface area contributed by atoms with Gasteiger partial charge < -0.3 is 9.64 Å². The van der Waals surface area contributed by atoms with Gasteiger partial charge in [-0.3, -0.25) is 4.68 Å². The van der Waals surface area contributed by atoms with E-state index in [1.54, 1.807) is 6.92 Å². The van der Waals surface area contributed by atoms with Crippen molar-refractivity contribution in [3.63, 3.8) is 0 Å². The van der Waals surface area contributed by atoms with Crippen molar-refractivity contribution in [3.8, 4) is 17.7 Å². The highest BCUT2D eigenvalue weighted by Crippen LogP contribution is 2.29. The summed E-state index contributed by atoms with van der Waals surface area (Å²) < 4.78 is 7.97. The van der Waals surface area contributed by atoms with Crippen LogP contribution < -0.4 is 4.74 Å². The molecule has 2 heterocycles. The lowest BCUT2D eigenvalue weighted by atomic mass is 10.1. The Morgan fingerprint density at radius 3 is 2.83 bits per heavy atom. The molecule has 0 amide bonds. The predicted octanol–water partition coefficient (Wildman–Crippen LogP) is 3.86. The Morgan fingerprint density at radius 2 is 2.13 bits per heavy atom. The molecule has 0 unspecified atom stereocenters. The van der Waals surface area contributed by atoms with Gasteiger partial charge in [-0.25, -0.2) is 5.26 Å². The summed E-state index contributed by atoms with van der Waals surface area (Å²) in [5, 5.41) is 18.7. The molecule has 0 atom stereocenters. The summed E-state index contributed by atoms with van der Waals surface area (Å²) in [6.45, 7) is 9.69. The number of hydrogen-bond acceptors (Lipinski definition) is 7. The van der Waals surface area contributed by atoms with Crippen LogP contribution in [0.25, 0.3) is 0 Å². The van der Waals surface area contributed by atoms with Crippen molar-refractivity contribution < 1.29 is 25.0 Å². The number of hydrogen-bond donors (Lipinski definition) is 1. The van der Waals surface area contributed by atoms with Crippen LogP contribution in [0.15, 0.2) is 6.07 Å². The van der Waals surface area contributed by atoms with Crippen molar-refractivity contribution in [2.75, 3.05) is 32.8 Å². The number of aryl methyl sites for hydroxylation is 2. The third kappa shape index (κ3) is 10.4. The van der Waals surface area contributed by atoms with Gasteiger partial charge in [0, 0.05) is 24.8 Å². The molecule has 0 aromatic carbocycles. The highest BCUT2D eigenvalue weighted by atomic mass is 17.6. The van der Waals surface area contributed by atoms with E-state index in [1.807, 2.05) is 0 Å². The van der Waals surface area contributed by atoms with E-state index in [2.05, 4.69) is 54.5 Å². The molecular weight excluding hydrogens is 386 g/mol. The fourth-order valence-corrected chi connectivity index (χ4v) is 3.50. The van der Waals surface area contributed by atoms with Crippen LogP contribution in [0, 0.1) is 17.8 Å². The number of ether oxygens (including phenoxy) is 1. The van der Waals surface area contributed by atoms with Gasteiger partial charge in [0.2, 0.25) is 5.88 Å². The molecule has 0 saturated heterocycles. The molecule has 8 heteroatoms. The minimum absolute atomic E-state index is 0.0804. The monoisotopic (exact) mass is 423 g/mol. The summed E-state index contributed by atoms with van der Waals surface area (Å²) >= 11 is 0. The quantitative estimate of drug-likeness (QED) is 0.223. The maximum Gasteiger partial charge on any atom is 0.232 e. The first-order chi connectivity index (χ1) is 14.8. The topological polar surface area (TPSA) is 78.2 Å². The lowest BCUT2D eigenvalue weighted by molar-refractivity contribution is -0.620. The Morgan fingerprint density at radius 1 is 1.27 bits per heavy atom. The van der Waals surface area contributed by atoms with Gasteiger partial charge in [0.25, 0.3) is 0 Å². The third-order valence-electron chi connectivity index (χ3n) is 5.15. The van der Waals surface area contributed by atoms with E-state index in [4.69, 9.17) is 9.99 Å². The van der Waals surface area contributed by atoms with E-state index in [9.17, 15) is 0 Å². The summed E-state index contributed by atoms with van der Waals surface area (Å²) in [6, 6.07) is 2.13. The molecule has 8 nitrogen and oxygen atoms in total. The summed E-state index contributed by atoms with van der Waals surface area (Å²) in [4.78, 5) is 6.72. The van der Waals surface area contributed by atoms with Crippen molar-refractivity contribution in [1.82, 2.24) is 14.7 Å². The zero-order valence-corrected chi connectivity index (χ0v) is 18.5. The van der Waals surface area contributed by atoms with Gasteiger partial charge in [0.15, 0.2) is 0 Å². The minimum atomic E-state index is 0.0804. The van der Waals surface area contributed by atoms with Gasteiger partial charge in [0.05, 0.1) is 6.61 Å². The smallest absolute Gasteiger partial charge is 0.232 e. The first-order valence-corrected chi connectivity index (χ1v) is 11.2. The molecular formula is C22H37N3O5. The van der Waals surface area contributed by atoms with E-state index in [0.29, 0.717) is 0 Å². The van der Waals surface area contributed by atoms with Gasteiger partial charge in [-0.2, -0.15) is 4.89 Å². The number of fused-ring (bicyclic) bond motifs is 1. The molecule has 1 fully saturated rings. The first kappa shape index (κ1) is 24.6. The van der Waals surface area contributed by atoms with Crippen LogP contribution in [0.5, 0.6) is 5.88 Å². The molecule has 1 aliphatic heterocycles. The molecule has 0 radical (unpaired) electrons. The summed E-state index contributed by atoms with van der Waals surface area (Å²) in [5.41, 5.74) is 1.35. The summed E-state index contributed by atoms with van der Waals surface area (Å²) in [7, 11) is 0. The Kier molecular flexibility index (Phi) is 12.5. The standard InChI is InChI=1S/C18H31N3O.C4H6O4/c1-2-10-20(15-16-8-9-16)11-5-6-13-22-18-14-17-7-3-4-12-21(17)19-18;1-2-3-4-6-8-7-5/h14,16H,2-13,15H2,1H3;5H,4H2,1H3. The normalized spacial score (nSPS) is 15.1. The van der Waals surface area contributed by atoms with E-state index >= 15 is 0 Å². The van der Waals surface area contributed by atoms with E-state index < -0.39 is 0 Å². The van der Waals surface area contributed by atoms with Crippen LogP contribution in [0.2, 0.25) is 0 Å². The van der Waals surface area contributed by atoms with Crippen LogP contribution in [0.3, 0.4) is 0 Å². The lowest BCUT2D eigenvalue weighted by Gasteiger charge is -2.21. The van der Waals surface area contributed by atoms with Crippen molar-refractivity contribution in [1.29, 1.82) is 0 Å². The van der Waals surface area contributed by atoms with Crippen LogP contribution in [-0.2, 0) is 27.9 Å². The second-order valence-corrected chi connectivity index (χ2v) is 7.79. The maximum atomic E-state index is 7.47. The van der Waals surface area contributed by atoms with E-state index in [0.717, 1.165) is 37.8 Å². The Balaban J connectivity index is 0.000000343. The van der Waals surface area contributed by atoms with Crippen LogP contribution in [0.1, 0.15) is 64.5 Å². The molecule has 1 aliphatic carbocycles. The number of nitrogens with zero attached hydrogens (tertiary/aromatic N) is 3. The largest absolute Gasteiger partial charge is 0.477 e. The predicted molar refractivity (Wildman–Crippen MR) is 114 cm³/mol. The Hall–Kier alpha value is -1.63. The average molecular weight is 424 g/mol. The fourth-order valence-electron chi connectivity index (χ4n) is 3.50. The van der Waals surface area contributed by atoms with Crippen LogP contribution >= 0.6 is 0 Å². The average Bonchev–Trinajstić information content (AvgIpc) is 3.47. The highest BCUT2D eigenvalue weighted by molar-refractivity contribution is 5.16. The first-order valence-electron chi connectivity index (χ1n) is 11.2. The molecule has 170 valence electrons. The summed E-state index contributed by atoms with van der Waals surface area (Å²) in [5.74, 6) is 6.86. The molecule has 1 aromatic heterocycles. The molecule has 2 aliphatic rings. The number of unbranched alkanes of at least 4 members (excludes halogenated alkanes) is 1. The number of rotatable bonds is 13. The fraction of sp³-hybridized carbons (Fsp3) is 0.773. The third-order valence-corrected chi connectivity index (χ3v) is 5.15. The van der Waals surface area contributed by atoms with Gasteiger partial charge >= 0.3 is 0 Å². The van der Waals surface area contributed by atoms with Gasteiger partial charge in [-0.05, 0) is 87.4 Å². The van der Waals surface area contributed by atoms with Gasteiger partial charge in [-0.1, -0.05) is 12.8 Å². The van der Waals surface area contributed by atoms with Crippen molar-refractivity contribution >= 4 is 0 Å². The van der Waals surface area contributed by atoms with E-state index in [-0.39, 0.29) is 6.61 Å². The van der Waals surface area contributed by atoms with Crippen LogP contribution in [-0.4, -0.2) is 52.8 Å². The lowest BCUT2D eigenvalue weighted by Crippen LogP contribution is -2.28.